The van der Waals surface area contributed by atoms with Crippen molar-refractivity contribution >= 4 is 5.91 Å². The minimum atomic E-state index is 0.0845. The Labute approximate surface area is 103 Å². The van der Waals surface area contributed by atoms with Gasteiger partial charge in [-0.25, -0.2) is 0 Å². The highest BCUT2D eigenvalue weighted by Crippen LogP contribution is 1.94. The first kappa shape index (κ1) is 13.7. The molecule has 0 saturated heterocycles. The van der Waals surface area contributed by atoms with Gasteiger partial charge in [0.25, 0.3) is 0 Å². The summed E-state index contributed by atoms with van der Waals surface area (Å²) in [6, 6.07) is 2.38. The molecule has 0 aliphatic carbocycles. The molecule has 1 heterocycles. The third kappa shape index (κ3) is 6.06. The van der Waals surface area contributed by atoms with Gasteiger partial charge in [-0.3, -0.25) is 9.48 Å². The number of aromatic nitrogens is 2. The highest BCUT2D eigenvalue weighted by molar-refractivity contribution is 5.75. The molecular formula is C12H22N4O. The molecule has 0 radical (unpaired) electrons. The van der Waals surface area contributed by atoms with Gasteiger partial charge < -0.3 is 10.6 Å². The van der Waals surface area contributed by atoms with E-state index in [2.05, 4.69) is 29.6 Å². The third-order valence-electron chi connectivity index (χ3n) is 2.37. The predicted molar refractivity (Wildman–Crippen MR) is 67.4 cm³/mol. The minimum absolute atomic E-state index is 0.0845. The number of carbonyl (C=O) groups is 1. The van der Waals surface area contributed by atoms with Gasteiger partial charge in [0.1, 0.15) is 0 Å². The summed E-state index contributed by atoms with van der Waals surface area (Å²) in [5.41, 5.74) is 0.890. The van der Waals surface area contributed by atoms with Crippen LogP contribution in [0.2, 0.25) is 0 Å². The van der Waals surface area contributed by atoms with Gasteiger partial charge in [0.15, 0.2) is 0 Å². The first-order valence-electron chi connectivity index (χ1n) is 6.06. The fourth-order valence-electron chi connectivity index (χ4n) is 1.47. The second-order valence-electron chi connectivity index (χ2n) is 4.47. The second-order valence-corrected chi connectivity index (χ2v) is 4.47. The summed E-state index contributed by atoms with van der Waals surface area (Å²) in [6.07, 6.45) is 3.30. The zero-order chi connectivity index (χ0) is 12.7. The average Bonchev–Trinajstić information content (AvgIpc) is 2.67. The van der Waals surface area contributed by atoms with E-state index in [1.165, 1.54) is 0 Å². The molecule has 2 N–H and O–H groups in total. The van der Waals surface area contributed by atoms with Crippen LogP contribution in [-0.4, -0.2) is 28.3 Å². The highest BCUT2D eigenvalue weighted by atomic mass is 16.1. The molecule has 0 aromatic carbocycles. The number of nitrogens with one attached hydrogen (secondary N) is 2. The minimum Gasteiger partial charge on any atom is -0.350 e. The van der Waals surface area contributed by atoms with Crippen LogP contribution in [0, 0.1) is 0 Å². The molecular weight excluding hydrogens is 216 g/mol. The SMILES string of the molecule is CC(C)NCCCC(=O)NCc1ccn(C)n1. The molecule has 0 bridgehead atoms. The van der Waals surface area contributed by atoms with Crippen LogP contribution in [0.1, 0.15) is 32.4 Å². The molecule has 0 atom stereocenters. The quantitative estimate of drug-likeness (QED) is 0.691. The van der Waals surface area contributed by atoms with Gasteiger partial charge in [0.05, 0.1) is 12.2 Å². The number of hydrogen-bond acceptors (Lipinski definition) is 3. The molecule has 5 nitrogen and oxygen atoms in total. The Morgan fingerprint density at radius 3 is 2.88 bits per heavy atom. The molecule has 1 aromatic rings. The van der Waals surface area contributed by atoms with Crippen LogP contribution in [0.4, 0.5) is 0 Å². The molecule has 17 heavy (non-hydrogen) atoms. The fourth-order valence-corrected chi connectivity index (χ4v) is 1.47. The normalized spacial score (nSPS) is 10.8. The number of hydrogen-bond donors (Lipinski definition) is 2. The summed E-state index contributed by atoms with van der Waals surface area (Å²) < 4.78 is 1.73. The lowest BCUT2D eigenvalue weighted by Crippen LogP contribution is -2.27. The van der Waals surface area contributed by atoms with E-state index < -0.39 is 0 Å². The van der Waals surface area contributed by atoms with Crippen LogP contribution < -0.4 is 10.6 Å². The summed E-state index contributed by atoms with van der Waals surface area (Å²) in [7, 11) is 1.86. The van der Waals surface area contributed by atoms with Crippen molar-refractivity contribution in [3.05, 3.63) is 18.0 Å². The van der Waals surface area contributed by atoms with Crippen LogP contribution >= 0.6 is 0 Å². The van der Waals surface area contributed by atoms with Gasteiger partial charge in [-0.15, -0.1) is 0 Å². The highest BCUT2D eigenvalue weighted by Gasteiger charge is 2.02. The Kier molecular flexibility index (Phi) is 5.69. The molecule has 5 heteroatoms. The Bertz CT molecular complexity index is 346. The van der Waals surface area contributed by atoms with Crippen LogP contribution in [0.5, 0.6) is 0 Å². The Balaban J connectivity index is 2.09. The van der Waals surface area contributed by atoms with Gasteiger partial charge >= 0.3 is 0 Å². The molecule has 0 saturated carbocycles. The number of aryl methyl sites for hydroxylation is 1. The lowest BCUT2D eigenvalue weighted by atomic mass is 10.2. The molecule has 0 aliphatic rings. The zero-order valence-electron chi connectivity index (χ0n) is 10.9. The fraction of sp³-hybridized carbons (Fsp3) is 0.667. The average molecular weight is 238 g/mol. The maximum Gasteiger partial charge on any atom is 0.220 e. The molecule has 0 spiro atoms. The van der Waals surface area contributed by atoms with Gasteiger partial charge in [0, 0.05) is 25.7 Å². The van der Waals surface area contributed by atoms with Crippen LogP contribution in [0.25, 0.3) is 0 Å². The summed E-state index contributed by atoms with van der Waals surface area (Å²) >= 11 is 0. The van der Waals surface area contributed by atoms with Crippen molar-refractivity contribution in [1.82, 2.24) is 20.4 Å². The number of amides is 1. The topological polar surface area (TPSA) is 59.0 Å². The summed E-state index contributed by atoms with van der Waals surface area (Å²) in [6.45, 7) is 5.59. The van der Waals surface area contributed by atoms with E-state index in [4.69, 9.17) is 0 Å². The molecule has 1 amide bonds. The van der Waals surface area contributed by atoms with Crippen LogP contribution in [0.15, 0.2) is 12.3 Å². The summed E-state index contributed by atoms with van der Waals surface area (Å²) in [4.78, 5) is 11.5. The molecule has 1 rings (SSSR count). The van der Waals surface area contributed by atoms with Gasteiger partial charge in [0.2, 0.25) is 5.91 Å². The zero-order valence-corrected chi connectivity index (χ0v) is 10.9. The second kappa shape index (κ2) is 7.06. The Morgan fingerprint density at radius 1 is 1.53 bits per heavy atom. The van der Waals surface area contributed by atoms with E-state index in [0.717, 1.165) is 18.7 Å². The van der Waals surface area contributed by atoms with E-state index in [1.54, 1.807) is 4.68 Å². The monoisotopic (exact) mass is 238 g/mol. The maximum atomic E-state index is 11.5. The number of carbonyl (C=O) groups excluding carboxylic acids is 1. The third-order valence-corrected chi connectivity index (χ3v) is 2.37. The van der Waals surface area contributed by atoms with E-state index in [-0.39, 0.29) is 5.91 Å². The van der Waals surface area contributed by atoms with E-state index in [9.17, 15) is 4.79 Å². The van der Waals surface area contributed by atoms with Crippen molar-refractivity contribution in [3.63, 3.8) is 0 Å². The number of nitrogens with zero attached hydrogens (tertiary/aromatic N) is 2. The van der Waals surface area contributed by atoms with Crippen molar-refractivity contribution in [2.24, 2.45) is 7.05 Å². The lowest BCUT2D eigenvalue weighted by molar-refractivity contribution is -0.121. The number of rotatable bonds is 7. The van der Waals surface area contributed by atoms with E-state index >= 15 is 0 Å². The molecule has 1 aromatic heterocycles. The van der Waals surface area contributed by atoms with Crippen molar-refractivity contribution in [3.8, 4) is 0 Å². The smallest absolute Gasteiger partial charge is 0.220 e. The largest absolute Gasteiger partial charge is 0.350 e. The molecule has 0 aliphatic heterocycles. The van der Waals surface area contributed by atoms with Crippen molar-refractivity contribution in [1.29, 1.82) is 0 Å². The Morgan fingerprint density at radius 2 is 2.29 bits per heavy atom. The van der Waals surface area contributed by atoms with Crippen molar-refractivity contribution in [2.75, 3.05) is 6.54 Å². The summed E-state index contributed by atoms with van der Waals surface area (Å²) in [5.74, 6) is 0.0845. The molecule has 0 fully saturated rings. The van der Waals surface area contributed by atoms with Gasteiger partial charge in [-0.2, -0.15) is 5.10 Å². The summed E-state index contributed by atoms with van der Waals surface area (Å²) in [5, 5.41) is 10.3. The van der Waals surface area contributed by atoms with Crippen molar-refractivity contribution < 1.29 is 4.79 Å². The predicted octanol–water partition coefficient (Wildman–Crippen LogP) is 0.814. The lowest BCUT2D eigenvalue weighted by Gasteiger charge is -2.07. The first-order chi connectivity index (χ1) is 8.08. The Hall–Kier alpha value is -1.36. The van der Waals surface area contributed by atoms with Gasteiger partial charge in [-0.05, 0) is 19.0 Å². The first-order valence-corrected chi connectivity index (χ1v) is 6.06. The van der Waals surface area contributed by atoms with Gasteiger partial charge in [-0.1, -0.05) is 13.8 Å². The van der Waals surface area contributed by atoms with E-state index in [0.29, 0.717) is 19.0 Å². The maximum absolute atomic E-state index is 11.5. The van der Waals surface area contributed by atoms with Crippen molar-refractivity contribution in [2.45, 2.75) is 39.3 Å². The molecule has 0 unspecified atom stereocenters. The van der Waals surface area contributed by atoms with E-state index in [1.807, 2.05) is 19.3 Å². The van der Waals surface area contributed by atoms with Crippen LogP contribution in [-0.2, 0) is 18.4 Å². The standard InChI is InChI=1S/C12H22N4O/c1-10(2)13-7-4-5-12(17)14-9-11-6-8-16(3)15-11/h6,8,10,13H,4-5,7,9H2,1-3H3,(H,14,17). The molecule has 96 valence electrons. The van der Waals surface area contributed by atoms with Crippen LogP contribution in [0.3, 0.4) is 0 Å².